The van der Waals surface area contributed by atoms with Crippen LogP contribution in [0.15, 0.2) is 10.9 Å². The fraction of sp³-hybridized carbons (Fsp3) is 0.545. The summed E-state index contributed by atoms with van der Waals surface area (Å²) in [6.45, 7) is 0.241. The van der Waals surface area contributed by atoms with Gasteiger partial charge in [-0.15, -0.1) is 0 Å². The number of H-pyrrole nitrogens is 1. The summed E-state index contributed by atoms with van der Waals surface area (Å²) in [6.07, 6.45) is 4.71. The molecule has 0 unspecified atom stereocenters. The molecule has 4 nitrogen and oxygen atoms in total. The summed E-state index contributed by atoms with van der Waals surface area (Å²) in [6, 6.07) is 1.71. The fourth-order valence-electron chi connectivity index (χ4n) is 2.31. The van der Waals surface area contributed by atoms with Gasteiger partial charge in [-0.3, -0.25) is 4.79 Å². The average Bonchev–Trinajstić information content (AvgIpc) is 2.74. The molecule has 0 saturated heterocycles. The van der Waals surface area contributed by atoms with E-state index < -0.39 is 0 Å². The van der Waals surface area contributed by atoms with Gasteiger partial charge in [0.05, 0.1) is 5.69 Å². The van der Waals surface area contributed by atoms with E-state index in [0.29, 0.717) is 17.2 Å². The maximum absolute atomic E-state index is 11.6. The lowest BCUT2D eigenvalue weighted by molar-refractivity contribution is 0.695. The lowest BCUT2D eigenvalue weighted by atomic mass is 10.0. The van der Waals surface area contributed by atoms with Crippen LogP contribution in [-0.2, 0) is 6.54 Å². The minimum absolute atomic E-state index is 0.0893. The number of hydrogen-bond donors (Lipinski definition) is 3. The Bertz CT molecular complexity index is 405. The molecule has 0 bridgehead atoms. The number of aromatic nitrogens is 1. The van der Waals surface area contributed by atoms with Gasteiger partial charge in [0.1, 0.15) is 0 Å². The van der Waals surface area contributed by atoms with Gasteiger partial charge in [-0.2, -0.15) is 0 Å². The maximum atomic E-state index is 11.6. The van der Waals surface area contributed by atoms with Gasteiger partial charge in [-0.05, 0) is 18.9 Å². The molecule has 0 aromatic carbocycles. The number of nitrogens with one attached hydrogen (secondary N) is 1. The van der Waals surface area contributed by atoms with Crippen LogP contribution in [0.2, 0.25) is 0 Å². The number of hydrogen-bond acceptors (Lipinski definition) is 3. The minimum atomic E-state index is -0.0893. The van der Waals surface area contributed by atoms with Crippen LogP contribution in [-0.4, -0.2) is 4.98 Å². The molecule has 0 radical (unpaired) electrons. The summed E-state index contributed by atoms with van der Waals surface area (Å²) in [7, 11) is 0. The number of nitrogens with two attached hydrogens (primary N) is 2. The van der Waals surface area contributed by atoms with E-state index in [2.05, 4.69) is 4.98 Å². The molecule has 0 atom stereocenters. The summed E-state index contributed by atoms with van der Waals surface area (Å²) in [4.78, 5) is 14.5. The molecule has 0 amide bonds. The van der Waals surface area contributed by atoms with Gasteiger partial charge < -0.3 is 16.5 Å². The molecule has 1 heterocycles. The number of pyridine rings is 1. The Labute approximate surface area is 88.7 Å². The van der Waals surface area contributed by atoms with Crippen molar-refractivity contribution in [1.82, 2.24) is 4.98 Å². The second-order valence-electron chi connectivity index (χ2n) is 4.18. The van der Waals surface area contributed by atoms with Crippen molar-refractivity contribution in [1.29, 1.82) is 0 Å². The summed E-state index contributed by atoms with van der Waals surface area (Å²) in [5.74, 6) is 0.435. The molecule has 1 aromatic rings. The predicted molar refractivity (Wildman–Crippen MR) is 60.6 cm³/mol. The average molecular weight is 207 g/mol. The van der Waals surface area contributed by atoms with Gasteiger partial charge in [0.25, 0.3) is 5.56 Å². The van der Waals surface area contributed by atoms with Gasteiger partial charge in [0.2, 0.25) is 0 Å². The van der Waals surface area contributed by atoms with E-state index in [1.54, 1.807) is 6.07 Å². The molecule has 1 aliphatic carbocycles. The Balaban J connectivity index is 2.39. The van der Waals surface area contributed by atoms with Gasteiger partial charge in [-0.25, -0.2) is 0 Å². The maximum Gasteiger partial charge on any atom is 0.252 e. The molecule has 2 rings (SSSR count). The second-order valence-corrected chi connectivity index (χ2v) is 4.18. The zero-order chi connectivity index (χ0) is 10.8. The third kappa shape index (κ3) is 1.90. The Morgan fingerprint density at radius 1 is 1.40 bits per heavy atom. The molecule has 1 aromatic heterocycles. The SMILES string of the molecule is NCc1cc(N)c(C2CCCC2)[nH]c1=O. The first-order valence-electron chi connectivity index (χ1n) is 5.44. The van der Waals surface area contributed by atoms with E-state index in [-0.39, 0.29) is 12.1 Å². The van der Waals surface area contributed by atoms with Gasteiger partial charge in [-0.1, -0.05) is 12.8 Å². The Hall–Kier alpha value is -1.29. The van der Waals surface area contributed by atoms with E-state index in [1.807, 2.05) is 0 Å². The van der Waals surface area contributed by atoms with Crippen LogP contribution in [0.4, 0.5) is 5.69 Å². The largest absolute Gasteiger partial charge is 0.397 e. The van der Waals surface area contributed by atoms with Crippen molar-refractivity contribution in [3.8, 4) is 0 Å². The van der Waals surface area contributed by atoms with Crippen molar-refractivity contribution in [3.05, 3.63) is 27.7 Å². The highest BCUT2D eigenvalue weighted by Gasteiger charge is 2.20. The van der Waals surface area contributed by atoms with Gasteiger partial charge in [0, 0.05) is 23.7 Å². The zero-order valence-corrected chi connectivity index (χ0v) is 8.75. The number of anilines is 1. The van der Waals surface area contributed by atoms with Crippen molar-refractivity contribution in [2.24, 2.45) is 5.73 Å². The first-order valence-corrected chi connectivity index (χ1v) is 5.44. The van der Waals surface area contributed by atoms with Crippen LogP contribution < -0.4 is 17.0 Å². The van der Waals surface area contributed by atoms with Gasteiger partial charge in [0.15, 0.2) is 0 Å². The first kappa shape index (κ1) is 10.2. The van der Waals surface area contributed by atoms with Crippen molar-refractivity contribution < 1.29 is 0 Å². The molecule has 4 heteroatoms. The highest BCUT2D eigenvalue weighted by molar-refractivity contribution is 5.46. The third-order valence-electron chi connectivity index (χ3n) is 3.16. The molecule has 1 saturated carbocycles. The first-order chi connectivity index (χ1) is 7.22. The molecule has 1 aliphatic rings. The molecule has 15 heavy (non-hydrogen) atoms. The molecule has 0 spiro atoms. The summed E-state index contributed by atoms with van der Waals surface area (Å²) >= 11 is 0. The Morgan fingerprint density at radius 2 is 2.07 bits per heavy atom. The number of nitrogen functional groups attached to an aromatic ring is 1. The lowest BCUT2D eigenvalue weighted by Gasteiger charge is -2.12. The van der Waals surface area contributed by atoms with Crippen LogP contribution in [0, 0.1) is 0 Å². The van der Waals surface area contributed by atoms with Crippen molar-refractivity contribution in [3.63, 3.8) is 0 Å². The van der Waals surface area contributed by atoms with Crippen LogP contribution in [0.25, 0.3) is 0 Å². The topological polar surface area (TPSA) is 84.9 Å². The van der Waals surface area contributed by atoms with Crippen molar-refractivity contribution in [2.45, 2.75) is 38.1 Å². The highest BCUT2D eigenvalue weighted by Crippen LogP contribution is 2.35. The van der Waals surface area contributed by atoms with Gasteiger partial charge >= 0.3 is 0 Å². The van der Waals surface area contributed by atoms with Crippen LogP contribution in [0.1, 0.15) is 42.9 Å². The number of rotatable bonds is 2. The summed E-state index contributed by atoms with van der Waals surface area (Å²) in [5, 5.41) is 0. The number of aromatic amines is 1. The van der Waals surface area contributed by atoms with E-state index in [1.165, 1.54) is 12.8 Å². The highest BCUT2D eigenvalue weighted by atomic mass is 16.1. The molecule has 82 valence electrons. The molecular weight excluding hydrogens is 190 g/mol. The van der Waals surface area contributed by atoms with Crippen molar-refractivity contribution >= 4 is 5.69 Å². The molecule has 0 aliphatic heterocycles. The molecular formula is C11H17N3O. The molecule has 1 fully saturated rings. The zero-order valence-electron chi connectivity index (χ0n) is 8.75. The van der Waals surface area contributed by atoms with Crippen LogP contribution in [0.3, 0.4) is 0 Å². The Morgan fingerprint density at radius 3 is 2.67 bits per heavy atom. The smallest absolute Gasteiger partial charge is 0.252 e. The lowest BCUT2D eigenvalue weighted by Crippen LogP contribution is -2.20. The minimum Gasteiger partial charge on any atom is -0.397 e. The van der Waals surface area contributed by atoms with Crippen LogP contribution >= 0.6 is 0 Å². The van der Waals surface area contributed by atoms with Crippen molar-refractivity contribution in [2.75, 3.05) is 5.73 Å². The third-order valence-corrected chi connectivity index (χ3v) is 3.16. The predicted octanol–water partition coefficient (Wildman–Crippen LogP) is 1.07. The van der Waals surface area contributed by atoms with E-state index >= 15 is 0 Å². The fourth-order valence-corrected chi connectivity index (χ4v) is 2.31. The quantitative estimate of drug-likeness (QED) is 0.678. The Kier molecular flexibility index (Phi) is 2.77. The second kappa shape index (κ2) is 4.06. The monoisotopic (exact) mass is 207 g/mol. The van der Waals surface area contributed by atoms with E-state index in [0.717, 1.165) is 18.5 Å². The summed E-state index contributed by atoms with van der Waals surface area (Å²) < 4.78 is 0. The standard InChI is InChI=1S/C11H17N3O/c12-6-8-5-9(13)10(14-11(8)15)7-3-1-2-4-7/h5,7H,1-4,6,12-13H2,(H,14,15). The summed E-state index contributed by atoms with van der Waals surface area (Å²) in [5.41, 5.74) is 13.4. The van der Waals surface area contributed by atoms with E-state index in [4.69, 9.17) is 11.5 Å². The van der Waals surface area contributed by atoms with E-state index in [9.17, 15) is 4.79 Å². The molecule has 5 N–H and O–H groups in total. The normalized spacial score (nSPS) is 17.1. The van der Waals surface area contributed by atoms with Crippen LogP contribution in [0.5, 0.6) is 0 Å².